The molecule has 0 amide bonds. The van der Waals surface area contributed by atoms with E-state index in [1.165, 1.54) is 207 Å². The number of hydrogen-bond donors (Lipinski definition) is 0. The van der Waals surface area contributed by atoms with E-state index in [0.29, 0.717) is 0 Å². The van der Waals surface area contributed by atoms with Crippen LogP contribution in [0.3, 0.4) is 0 Å². The Bertz CT molecular complexity index is 9750. The van der Waals surface area contributed by atoms with Crippen LogP contribution in [0.2, 0.25) is 0 Å². The normalized spacial score (nSPS) is 13.3. The monoisotopic (exact) mass is 1640 g/mol. The molecule has 0 aliphatic carbocycles. The fourth-order valence-corrected chi connectivity index (χ4v) is 23.4. The van der Waals surface area contributed by atoms with Crippen molar-refractivity contribution in [3.63, 3.8) is 0 Å². The van der Waals surface area contributed by atoms with E-state index in [1.807, 2.05) is 0 Å². The zero-order chi connectivity index (χ0) is 85.5. The molecule has 17 aromatic carbocycles. The Hall–Kier alpha value is -15.1. The highest BCUT2D eigenvalue weighted by Gasteiger charge is 2.36. The van der Waals surface area contributed by atoms with Crippen molar-refractivity contribution < 1.29 is 0 Å². The van der Waals surface area contributed by atoms with Crippen LogP contribution in [0.15, 0.2) is 322 Å². The molecule has 0 bridgehead atoms. The second-order valence-electron chi connectivity index (χ2n) is 40.6. The molecule has 8 heteroatoms. The van der Waals surface area contributed by atoms with Crippen molar-refractivity contribution in [1.29, 1.82) is 0 Å². The van der Waals surface area contributed by atoms with E-state index in [0.717, 1.165) is 78.8 Å². The number of anilines is 3. The standard InChI is InChI=1S/C120H88N8/c1-117(2,3)72-55-86(71-46-51-99-87(52-71)83-40-26-27-41-98(83)124(99)77-34-16-13-17-35-77)109-90(56-72)92-60-75(61-95-97-64-101-105(121-115(97)127(109)110(92)95)103-79-36-22-20-30-69(79)53-88-84-49-44-68-29-19-25-39-82(68)108(84)126(101)113(88)103)120(10,11)65-66-42-47-78(48-43-66)123(76-32-14-12-15-33-76)102-62-74(119(7,8)9)59-93-91-57-73(118(4,5)6)58-94-96-63-100-106(122-116(96)128(111(91)94)112(93)102)104-80-37-23-21-31-70(80)54-89-85-50-45-67-28-18-24-38-81(67)107(85)125(100)114(89)104/h12-64H,65H2,1-11H3. The first kappa shape index (κ1) is 72.2. The SMILES string of the molecule is CC(C)(C)c1cc(-c2ccc3c(c2)c2ccccc2n3-c2ccccc2)c2c(c1)c1cc(C(C)(C)Cc3ccc(N(c4ccccc4)c4cc(C(C)(C)C)cc5c6cc(C(C)(C)C)cc7c8cc9c(nc8n(c45)c76)c4c5ccccc5cc5c6ccc7ccccc7c6n9c54)cc3)cc3c4cc5c(nc4n2c31)c1c2ccccc2cc2c3ccc4ccccc4c3n5c21. The average Bonchev–Trinajstić information content (AvgIpc) is 1.51. The summed E-state index contributed by atoms with van der Waals surface area (Å²) in [5.41, 5.74) is 30.4. The van der Waals surface area contributed by atoms with Crippen molar-refractivity contribution in [3.05, 3.63) is 349 Å². The molecule has 11 heterocycles. The van der Waals surface area contributed by atoms with Crippen LogP contribution in [0.25, 0.3) is 235 Å². The number of nitrogens with zero attached hydrogens (tertiary/aromatic N) is 8. The maximum atomic E-state index is 6.26. The largest absolute Gasteiger partial charge is 0.309 e. The summed E-state index contributed by atoms with van der Waals surface area (Å²) in [6, 6.07) is 123. The molecule has 0 aliphatic heterocycles. The first-order chi connectivity index (χ1) is 62.1. The lowest BCUT2D eigenvalue weighted by atomic mass is 9.78. The van der Waals surface area contributed by atoms with Crippen LogP contribution in [-0.2, 0) is 28.1 Å². The van der Waals surface area contributed by atoms with E-state index in [9.17, 15) is 0 Å². The summed E-state index contributed by atoms with van der Waals surface area (Å²) in [4.78, 5) is 15.0. The lowest BCUT2D eigenvalue weighted by Crippen LogP contribution is -2.20. The van der Waals surface area contributed by atoms with Gasteiger partial charge in [-0.1, -0.05) is 270 Å². The number of benzene rings is 17. The zero-order valence-corrected chi connectivity index (χ0v) is 73.4. The molecule has 28 rings (SSSR count). The fourth-order valence-electron chi connectivity index (χ4n) is 23.4. The van der Waals surface area contributed by atoms with Gasteiger partial charge in [0.05, 0.1) is 82.9 Å². The van der Waals surface area contributed by atoms with Crippen LogP contribution in [0.4, 0.5) is 17.1 Å². The van der Waals surface area contributed by atoms with Crippen LogP contribution in [0.5, 0.6) is 0 Å². The Morgan fingerprint density at radius 2 is 0.672 bits per heavy atom. The molecule has 8 nitrogen and oxygen atoms in total. The third-order valence-corrected chi connectivity index (χ3v) is 29.6. The van der Waals surface area contributed by atoms with Gasteiger partial charge in [0, 0.05) is 120 Å². The van der Waals surface area contributed by atoms with Crippen LogP contribution in [0.1, 0.15) is 104 Å². The van der Waals surface area contributed by atoms with Crippen molar-refractivity contribution in [1.82, 2.24) is 32.1 Å². The molecule has 0 N–H and O–H groups in total. The Balaban J connectivity index is 0.663. The predicted octanol–water partition coefficient (Wildman–Crippen LogP) is 32.3. The summed E-state index contributed by atoms with van der Waals surface area (Å²) in [6.45, 7) is 26.3. The quantitative estimate of drug-likeness (QED) is 0.152. The van der Waals surface area contributed by atoms with Gasteiger partial charge in [0.25, 0.3) is 0 Å². The molecule has 608 valence electrons. The number of pyridine rings is 2. The lowest BCUT2D eigenvalue weighted by molar-refractivity contribution is 0.523. The molecule has 0 atom stereocenters. The van der Waals surface area contributed by atoms with Gasteiger partial charge in [-0.15, -0.1) is 0 Å². The minimum Gasteiger partial charge on any atom is -0.309 e. The number of fused-ring (bicyclic) bond motifs is 35. The van der Waals surface area contributed by atoms with E-state index >= 15 is 0 Å². The van der Waals surface area contributed by atoms with Crippen molar-refractivity contribution >= 4 is 235 Å². The lowest BCUT2D eigenvalue weighted by Gasteiger charge is -2.30. The molecule has 28 aromatic rings. The molecule has 0 unspecified atom stereocenters. The van der Waals surface area contributed by atoms with Crippen LogP contribution >= 0.6 is 0 Å². The molecular weight excluding hydrogens is 1550 g/mol. The van der Waals surface area contributed by atoms with Gasteiger partial charge < -0.3 is 18.3 Å². The zero-order valence-electron chi connectivity index (χ0n) is 73.4. The average molecular weight is 1640 g/mol. The Labute approximate surface area is 737 Å². The van der Waals surface area contributed by atoms with Gasteiger partial charge in [0.1, 0.15) is 11.3 Å². The maximum Gasteiger partial charge on any atom is 0.146 e. The minimum atomic E-state index is -0.388. The molecule has 11 aromatic heterocycles. The third-order valence-electron chi connectivity index (χ3n) is 29.6. The Morgan fingerprint density at radius 3 is 1.22 bits per heavy atom. The first-order valence-corrected chi connectivity index (χ1v) is 45.4. The molecule has 0 saturated heterocycles. The number of aromatic nitrogens is 7. The molecule has 0 fully saturated rings. The Morgan fingerprint density at radius 1 is 0.258 bits per heavy atom. The van der Waals surface area contributed by atoms with Crippen molar-refractivity contribution in [2.24, 2.45) is 0 Å². The molecule has 0 aliphatic rings. The summed E-state index contributed by atoms with van der Waals surface area (Å²) in [7, 11) is 0. The van der Waals surface area contributed by atoms with E-state index in [4.69, 9.17) is 9.97 Å². The number of para-hydroxylation sites is 3. The van der Waals surface area contributed by atoms with E-state index in [1.54, 1.807) is 0 Å². The van der Waals surface area contributed by atoms with Crippen molar-refractivity contribution in [2.75, 3.05) is 4.90 Å². The number of rotatable bonds is 8. The third kappa shape index (κ3) is 9.58. The summed E-state index contributed by atoms with van der Waals surface area (Å²) < 4.78 is 12.7. The molecule has 128 heavy (non-hydrogen) atoms. The van der Waals surface area contributed by atoms with Gasteiger partial charge in [-0.05, 0) is 221 Å². The second-order valence-corrected chi connectivity index (χ2v) is 40.6. The van der Waals surface area contributed by atoms with Crippen molar-refractivity contribution in [3.8, 4) is 16.8 Å². The molecule has 0 saturated carbocycles. The summed E-state index contributed by atoms with van der Waals surface area (Å²) >= 11 is 0. The second kappa shape index (κ2) is 24.7. The van der Waals surface area contributed by atoms with Crippen LogP contribution in [0, 0.1) is 0 Å². The van der Waals surface area contributed by atoms with Gasteiger partial charge in [0.15, 0.2) is 0 Å². The highest BCUT2D eigenvalue weighted by molar-refractivity contribution is 6.37. The van der Waals surface area contributed by atoms with Gasteiger partial charge in [-0.3, -0.25) is 8.80 Å². The van der Waals surface area contributed by atoms with E-state index in [2.05, 4.69) is 425 Å². The molecular formula is C120H88N8. The highest BCUT2D eigenvalue weighted by Crippen LogP contribution is 2.55. The van der Waals surface area contributed by atoms with Gasteiger partial charge in [-0.2, -0.15) is 0 Å². The predicted molar refractivity (Wildman–Crippen MR) is 544 cm³/mol. The van der Waals surface area contributed by atoms with Gasteiger partial charge in [0.2, 0.25) is 0 Å². The highest BCUT2D eigenvalue weighted by atomic mass is 15.2. The summed E-state index contributed by atoms with van der Waals surface area (Å²) in [6.07, 6.45) is 0.776. The van der Waals surface area contributed by atoms with E-state index in [-0.39, 0.29) is 21.7 Å². The number of hydrogen-bond acceptors (Lipinski definition) is 3. The maximum absolute atomic E-state index is 6.26. The summed E-state index contributed by atoms with van der Waals surface area (Å²) in [5, 5.41) is 29.3. The van der Waals surface area contributed by atoms with Gasteiger partial charge in [-0.25, -0.2) is 9.97 Å². The van der Waals surface area contributed by atoms with Crippen LogP contribution < -0.4 is 4.90 Å². The minimum absolute atomic E-state index is 0.161. The Kier molecular flexibility index (Phi) is 13.9. The fraction of sp³-hybridized carbons (Fsp3) is 0.133. The van der Waals surface area contributed by atoms with Crippen molar-refractivity contribution in [2.45, 2.75) is 104 Å². The molecule has 0 spiro atoms. The van der Waals surface area contributed by atoms with Crippen LogP contribution in [-0.4, -0.2) is 32.1 Å². The van der Waals surface area contributed by atoms with Gasteiger partial charge >= 0.3 is 0 Å². The summed E-state index contributed by atoms with van der Waals surface area (Å²) in [5.74, 6) is 0. The topological polar surface area (TPSA) is 51.6 Å². The smallest absolute Gasteiger partial charge is 0.146 e. The van der Waals surface area contributed by atoms with E-state index < -0.39 is 0 Å². The molecule has 0 radical (unpaired) electrons. The first-order valence-electron chi connectivity index (χ1n) is 45.4.